The number of nitrogens with one attached hydrogen (secondary N) is 1. The van der Waals surface area contributed by atoms with Gasteiger partial charge in [0.05, 0.1) is 15.7 Å². The summed E-state index contributed by atoms with van der Waals surface area (Å²) < 4.78 is 0. The molecule has 0 aliphatic carbocycles. The number of halogens is 2. The van der Waals surface area contributed by atoms with Crippen LogP contribution in [0.15, 0.2) is 36.4 Å². The van der Waals surface area contributed by atoms with Crippen molar-refractivity contribution in [1.82, 2.24) is 0 Å². The number of anilines is 3. The van der Waals surface area contributed by atoms with E-state index in [-0.39, 0.29) is 5.78 Å². The van der Waals surface area contributed by atoms with Crippen LogP contribution >= 0.6 is 23.2 Å². The summed E-state index contributed by atoms with van der Waals surface area (Å²) in [6.07, 6.45) is 0. The highest BCUT2D eigenvalue weighted by Gasteiger charge is 2.08. The summed E-state index contributed by atoms with van der Waals surface area (Å²) in [4.78, 5) is 11.3. The van der Waals surface area contributed by atoms with Crippen LogP contribution in [0, 0.1) is 0 Å². The van der Waals surface area contributed by atoms with E-state index in [1.807, 2.05) is 0 Å². The van der Waals surface area contributed by atoms with Crippen molar-refractivity contribution in [2.75, 3.05) is 11.1 Å². The predicted octanol–water partition coefficient (Wildman–Crippen LogP) is 4.52. The molecule has 0 spiro atoms. The van der Waals surface area contributed by atoms with Crippen molar-refractivity contribution in [2.24, 2.45) is 0 Å². The van der Waals surface area contributed by atoms with Gasteiger partial charge in [-0.05, 0) is 37.3 Å². The first-order valence-electron chi connectivity index (χ1n) is 5.60. The number of Topliss-reactive ketones (excluding diaryl/α,β-unsaturated/α-hetero) is 1. The second kappa shape index (κ2) is 5.51. The second-order valence-electron chi connectivity index (χ2n) is 4.08. The Kier molecular flexibility index (Phi) is 3.98. The molecule has 3 nitrogen and oxygen atoms in total. The number of carbonyl (C=O) groups is 1. The highest BCUT2D eigenvalue weighted by atomic mass is 35.5. The number of carbonyl (C=O) groups excluding carboxylic acids is 1. The monoisotopic (exact) mass is 294 g/mol. The van der Waals surface area contributed by atoms with Gasteiger partial charge in [-0.3, -0.25) is 4.79 Å². The SMILES string of the molecule is CC(=O)c1ccc(Nc2c(Cl)cccc2Cl)cc1N. The topological polar surface area (TPSA) is 55.1 Å². The van der Waals surface area contributed by atoms with Crippen molar-refractivity contribution >= 4 is 46.0 Å². The molecule has 0 atom stereocenters. The van der Waals surface area contributed by atoms with Crippen molar-refractivity contribution in [3.8, 4) is 0 Å². The minimum absolute atomic E-state index is 0.0696. The molecule has 0 aliphatic rings. The van der Waals surface area contributed by atoms with Crippen molar-refractivity contribution in [3.05, 3.63) is 52.0 Å². The molecular weight excluding hydrogens is 283 g/mol. The van der Waals surface area contributed by atoms with Gasteiger partial charge in [0, 0.05) is 16.9 Å². The van der Waals surface area contributed by atoms with Gasteiger partial charge in [-0.15, -0.1) is 0 Å². The highest BCUT2D eigenvalue weighted by molar-refractivity contribution is 6.39. The molecule has 0 aromatic heterocycles. The summed E-state index contributed by atoms with van der Waals surface area (Å²) in [5.41, 5.74) is 8.07. The van der Waals surface area contributed by atoms with Gasteiger partial charge in [0.1, 0.15) is 0 Å². The zero-order valence-electron chi connectivity index (χ0n) is 10.2. The molecule has 0 heterocycles. The normalized spacial score (nSPS) is 10.3. The summed E-state index contributed by atoms with van der Waals surface area (Å²) in [5.74, 6) is -0.0696. The van der Waals surface area contributed by atoms with Gasteiger partial charge in [0.25, 0.3) is 0 Å². The third kappa shape index (κ3) is 3.00. The smallest absolute Gasteiger partial charge is 0.161 e. The molecule has 98 valence electrons. The van der Waals surface area contributed by atoms with Gasteiger partial charge in [-0.1, -0.05) is 29.3 Å². The standard InChI is InChI=1S/C14H12Cl2N2O/c1-8(19)10-6-5-9(7-13(10)17)18-14-11(15)3-2-4-12(14)16/h2-7,18H,17H2,1H3. The van der Waals surface area contributed by atoms with Crippen LogP contribution in [0.5, 0.6) is 0 Å². The van der Waals surface area contributed by atoms with Crippen molar-refractivity contribution < 1.29 is 4.79 Å². The summed E-state index contributed by atoms with van der Waals surface area (Å²) in [7, 11) is 0. The molecule has 19 heavy (non-hydrogen) atoms. The lowest BCUT2D eigenvalue weighted by Gasteiger charge is -2.11. The molecule has 0 aliphatic heterocycles. The van der Waals surface area contributed by atoms with E-state index in [2.05, 4.69) is 5.32 Å². The van der Waals surface area contributed by atoms with Crippen LogP contribution in [-0.4, -0.2) is 5.78 Å². The first-order valence-corrected chi connectivity index (χ1v) is 6.36. The fourth-order valence-electron chi connectivity index (χ4n) is 1.72. The van der Waals surface area contributed by atoms with Gasteiger partial charge in [0.15, 0.2) is 5.78 Å². The van der Waals surface area contributed by atoms with E-state index in [0.717, 1.165) is 5.69 Å². The first-order chi connectivity index (χ1) is 8.99. The molecular formula is C14H12Cl2N2O. The molecule has 3 N–H and O–H groups in total. The third-order valence-electron chi connectivity index (χ3n) is 2.66. The Bertz CT molecular complexity index is 621. The number of benzene rings is 2. The Labute approximate surface area is 121 Å². The van der Waals surface area contributed by atoms with Gasteiger partial charge >= 0.3 is 0 Å². The van der Waals surface area contributed by atoms with Crippen LogP contribution in [0.1, 0.15) is 17.3 Å². The fraction of sp³-hybridized carbons (Fsp3) is 0.0714. The first kappa shape index (κ1) is 13.7. The lowest BCUT2D eigenvalue weighted by Crippen LogP contribution is -2.01. The van der Waals surface area contributed by atoms with Crippen LogP contribution in [0.2, 0.25) is 10.0 Å². The van der Waals surface area contributed by atoms with Crippen LogP contribution in [-0.2, 0) is 0 Å². The summed E-state index contributed by atoms with van der Waals surface area (Å²) in [6, 6.07) is 10.4. The molecule has 0 fully saturated rings. The Morgan fingerprint density at radius 2 is 1.79 bits per heavy atom. The molecule has 0 unspecified atom stereocenters. The fourth-order valence-corrected chi connectivity index (χ4v) is 2.21. The third-order valence-corrected chi connectivity index (χ3v) is 3.29. The number of ketones is 1. The lowest BCUT2D eigenvalue weighted by molar-refractivity contribution is 0.101. The number of nitrogen functional groups attached to an aromatic ring is 1. The highest BCUT2D eigenvalue weighted by Crippen LogP contribution is 2.33. The largest absolute Gasteiger partial charge is 0.398 e. The average molecular weight is 295 g/mol. The summed E-state index contributed by atoms with van der Waals surface area (Å²) in [6.45, 7) is 1.48. The Morgan fingerprint density at radius 1 is 1.16 bits per heavy atom. The maximum Gasteiger partial charge on any atom is 0.161 e. The number of para-hydroxylation sites is 1. The maximum absolute atomic E-state index is 11.3. The quantitative estimate of drug-likeness (QED) is 0.646. The van der Waals surface area contributed by atoms with E-state index < -0.39 is 0 Å². The van der Waals surface area contributed by atoms with Gasteiger partial charge < -0.3 is 11.1 Å². The van der Waals surface area contributed by atoms with E-state index in [0.29, 0.717) is 27.0 Å². The number of nitrogens with two attached hydrogens (primary N) is 1. The summed E-state index contributed by atoms with van der Waals surface area (Å²) >= 11 is 12.1. The zero-order valence-corrected chi connectivity index (χ0v) is 11.7. The van der Waals surface area contributed by atoms with Crippen molar-refractivity contribution in [3.63, 3.8) is 0 Å². The molecule has 0 saturated heterocycles. The second-order valence-corrected chi connectivity index (χ2v) is 4.89. The average Bonchev–Trinajstić information content (AvgIpc) is 2.33. The van der Waals surface area contributed by atoms with E-state index in [4.69, 9.17) is 28.9 Å². The predicted molar refractivity (Wildman–Crippen MR) is 80.6 cm³/mol. The van der Waals surface area contributed by atoms with E-state index >= 15 is 0 Å². The lowest BCUT2D eigenvalue weighted by atomic mass is 10.1. The molecule has 2 rings (SSSR count). The van der Waals surface area contributed by atoms with Gasteiger partial charge in [-0.25, -0.2) is 0 Å². The van der Waals surface area contributed by atoms with Crippen molar-refractivity contribution in [2.45, 2.75) is 6.92 Å². The molecule has 5 heteroatoms. The molecule has 0 radical (unpaired) electrons. The minimum Gasteiger partial charge on any atom is -0.398 e. The van der Waals surface area contributed by atoms with E-state index in [1.54, 1.807) is 36.4 Å². The molecule has 2 aromatic rings. The van der Waals surface area contributed by atoms with Gasteiger partial charge in [0.2, 0.25) is 0 Å². The number of hydrogen-bond donors (Lipinski definition) is 2. The van der Waals surface area contributed by atoms with Crippen LogP contribution in [0.4, 0.5) is 17.1 Å². The number of hydrogen-bond acceptors (Lipinski definition) is 3. The van der Waals surface area contributed by atoms with E-state index in [9.17, 15) is 4.79 Å². The zero-order chi connectivity index (χ0) is 14.0. The maximum atomic E-state index is 11.3. The van der Waals surface area contributed by atoms with Gasteiger partial charge in [-0.2, -0.15) is 0 Å². The van der Waals surface area contributed by atoms with Crippen LogP contribution < -0.4 is 11.1 Å². The molecule has 0 amide bonds. The Morgan fingerprint density at radius 3 is 2.32 bits per heavy atom. The number of rotatable bonds is 3. The minimum atomic E-state index is -0.0696. The molecule has 2 aromatic carbocycles. The van der Waals surface area contributed by atoms with Crippen LogP contribution in [0.3, 0.4) is 0 Å². The summed E-state index contributed by atoms with van der Waals surface area (Å²) in [5, 5.41) is 4.12. The van der Waals surface area contributed by atoms with E-state index in [1.165, 1.54) is 6.92 Å². The van der Waals surface area contributed by atoms with Crippen molar-refractivity contribution in [1.29, 1.82) is 0 Å². The molecule has 0 bridgehead atoms. The molecule has 0 saturated carbocycles. The Balaban J connectivity index is 2.34. The van der Waals surface area contributed by atoms with Crippen LogP contribution in [0.25, 0.3) is 0 Å². The Hall–Kier alpha value is -1.71.